The molecule has 0 saturated heterocycles. The van der Waals surface area contributed by atoms with E-state index < -0.39 is 0 Å². The Morgan fingerprint density at radius 3 is 2.65 bits per heavy atom. The van der Waals surface area contributed by atoms with E-state index in [0.717, 1.165) is 16.9 Å². The lowest BCUT2D eigenvalue weighted by Crippen LogP contribution is -2.16. The van der Waals surface area contributed by atoms with Crippen LogP contribution in [-0.2, 0) is 0 Å². The molecule has 4 aromatic rings. The molecule has 4 rings (SSSR count). The smallest absolute Gasteiger partial charge is 0.241 e. The van der Waals surface area contributed by atoms with Crippen molar-refractivity contribution in [3.63, 3.8) is 0 Å². The van der Waals surface area contributed by atoms with Crippen LogP contribution in [0.15, 0.2) is 61.2 Å². The molecule has 0 saturated carbocycles. The minimum Gasteiger partial charge on any atom is -0.368 e. The van der Waals surface area contributed by atoms with Crippen molar-refractivity contribution in [3.05, 3.63) is 67.4 Å². The molecule has 3 heterocycles. The molecule has 2 N–H and O–H groups in total. The second-order valence-electron chi connectivity index (χ2n) is 5.52. The van der Waals surface area contributed by atoms with Gasteiger partial charge in [0.15, 0.2) is 0 Å². The zero-order valence-electron chi connectivity index (χ0n) is 14.0. The Balaban J connectivity index is 1.70. The van der Waals surface area contributed by atoms with Crippen LogP contribution < -0.4 is 10.6 Å². The zero-order chi connectivity index (χ0) is 17.9. The second kappa shape index (κ2) is 6.60. The molecule has 0 fully saturated rings. The third-order valence-corrected chi connectivity index (χ3v) is 3.77. The van der Waals surface area contributed by atoms with Gasteiger partial charge in [0.1, 0.15) is 6.33 Å². The Labute approximate surface area is 150 Å². The molecular weight excluding hydrogens is 328 g/mol. The summed E-state index contributed by atoms with van der Waals surface area (Å²) in [6.07, 6.45) is 7.99. The topological polar surface area (TPSA) is 98.6 Å². The van der Waals surface area contributed by atoms with Gasteiger partial charge < -0.3 is 10.6 Å². The van der Waals surface area contributed by atoms with Crippen molar-refractivity contribution >= 4 is 17.6 Å². The molecule has 0 bridgehead atoms. The average Bonchev–Trinajstić information content (AvgIpc) is 3.19. The van der Waals surface area contributed by atoms with Crippen molar-refractivity contribution in [3.8, 4) is 17.2 Å². The van der Waals surface area contributed by atoms with Gasteiger partial charge in [-0.2, -0.15) is 15.0 Å². The molecule has 8 heteroatoms. The van der Waals surface area contributed by atoms with Gasteiger partial charge in [-0.1, -0.05) is 18.2 Å². The van der Waals surface area contributed by atoms with E-state index in [0.29, 0.717) is 11.9 Å². The lowest BCUT2D eigenvalue weighted by atomic mass is 10.2. The van der Waals surface area contributed by atoms with Gasteiger partial charge in [0.25, 0.3) is 0 Å². The van der Waals surface area contributed by atoms with E-state index in [1.807, 2.05) is 54.4 Å². The highest BCUT2D eigenvalue weighted by molar-refractivity contribution is 5.58. The molecule has 26 heavy (non-hydrogen) atoms. The summed E-state index contributed by atoms with van der Waals surface area (Å²) in [5, 5.41) is 0. The van der Waals surface area contributed by atoms with Crippen molar-refractivity contribution in [2.45, 2.75) is 0 Å². The van der Waals surface area contributed by atoms with Gasteiger partial charge in [0.2, 0.25) is 17.8 Å². The van der Waals surface area contributed by atoms with Crippen molar-refractivity contribution < 1.29 is 0 Å². The number of nitrogens with two attached hydrogens (primary N) is 1. The van der Waals surface area contributed by atoms with Crippen LogP contribution in [0.25, 0.3) is 17.2 Å². The molecule has 3 aromatic heterocycles. The Morgan fingerprint density at radius 1 is 1.04 bits per heavy atom. The molecule has 0 spiro atoms. The van der Waals surface area contributed by atoms with Gasteiger partial charge in [-0.3, -0.25) is 9.55 Å². The Hall–Kier alpha value is -3.81. The fraction of sp³-hybridized carbons (Fsp3) is 0.0556. The summed E-state index contributed by atoms with van der Waals surface area (Å²) >= 11 is 0. The molecule has 1 radical (unpaired) electrons. The minimum absolute atomic E-state index is 0.135. The Bertz CT molecular complexity index is 1010. The Kier molecular flexibility index (Phi) is 3.98. The highest BCUT2D eigenvalue weighted by Crippen LogP contribution is 2.21. The Morgan fingerprint density at radius 2 is 1.88 bits per heavy atom. The van der Waals surface area contributed by atoms with Gasteiger partial charge >= 0.3 is 0 Å². The number of anilines is 3. The molecule has 0 aliphatic carbocycles. The van der Waals surface area contributed by atoms with Crippen LogP contribution in [0.4, 0.5) is 17.6 Å². The first-order valence-electron chi connectivity index (χ1n) is 7.88. The summed E-state index contributed by atoms with van der Waals surface area (Å²) < 4.78 is 1.69. The van der Waals surface area contributed by atoms with Gasteiger partial charge in [-0.25, -0.2) is 4.98 Å². The summed E-state index contributed by atoms with van der Waals surface area (Å²) in [4.78, 5) is 23.1. The maximum Gasteiger partial charge on any atom is 0.241 e. The van der Waals surface area contributed by atoms with Gasteiger partial charge in [0.05, 0.1) is 11.9 Å². The SMILES string of the molecule is CN(c1ccccc1)c1nc(N)nc(-n2cnc(-c3[c]nccc3)c2)n1. The number of hydrogen-bond acceptors (Lipinski definition) is 7. The van der Waals surface area contributed by atoms with E-state index in [1.54, 1.807) is 23.3 Å². The van der Waals surface area contributed by atoms with Crippen LogP contribution in [0.3, 0.4) is 0 Å². The third kappa shape index (κ3) is 3.07. The highest BCUT2D eigenvalue weighted by atomic mass is 15.3. The number of pyridine rings is 1. The van der Waals surface area contributed by atoms with Crippen LogP contribution in [0.5, 0.6) is 0 Å². The number of hydrogen-bond donors (Lipinski definition) is 1. The maximum atomic E-state index is 5.89. The maximum absolute atomic E-state index is 5.89. The van der Waals surface area contributed by atoms with E-state index in [1.165, 1.54) is 0 Å². The molecule has 0 aliphatic heterocycles. The van der Waals surface area contributed by atoms with Crippen molar-refractivity contribution in [1.29, 1.82) is 0 Å². The van der Waals surface area contributed by atoms with E-state index >= 15 is 0 Å². The number of para-hydroxylation sites is 1. The zero-order valence-corrected chi connectivity index (χ0v) is 14.0. The molecule has 0 amide bonds. The van der Waals surface area contributed by atoms with E-state index in [2.05, 4.69) is 31.1 Å². The van der Waals surface area contributed by atoms with E-state index in [-0.39, 0.29) is 5.95 Å². The number of rotatable bonds is 4. The van der Waals surface area contributed by atoms with Crippen LogP contribution in [-0.4, -0.2) is 36.5 Å². The summed E-state index contributed by atoms with van der Waals surface area (Å²) in [6.45, 7) is 0. The standard InChI is InChI=1S/C18H15N8/c1-25(14-7-3-2-4-8-14)17-22-16(19)23-18(24-17)26-11-15(21-12-26)13-6-5-9-20-10-13/h2-9,11-12H,1H3,(H2,19,22,23,24). The van der Waals surface area contributed by atoms with Gasteiger partial charge in [-0.05, 0) is 24.3 Å². The van der Waals surface area contributed by atoms with Crippen LogP contribution >= 0.6 is 0 Å². The van der Waals surface area contributed by atoms with Gasteiger partial charge in [0, 0.05) is 30.7 Å². The molecule has 0 atom stereocenters. The molecule has 127 valence electrons. The number of nitrogens with zero attached hydrogens (tertiary/aromatic N) is 7. The lowest BCUT2D eigenvalue weighted by molar-refractivity contribution is 0.887. The first kappa shape index (κ1) is 15.7. The normalized spacial score (nSPS) is 10.7. The second-order valence-corrected chi connectivity index (χ2v) is 5.52. The van der Waals surface area contributed by atoms with Crippen LogP contribution in [0.1, 0.15) is 0 Å². The van der Waals surface area contributed by atoms with Crippen molar-refractivity contribution in [2.75, 3.05) is 17.7 Å². The van der Waals surface area contributed by atoms with Crippen LogP contribution in [0, 0.1) is 6.20 Å². The summed E-state index contributed by atoms with van der Waals surface area (Å²) in [6, 6.07) is 13.5. The number of imidazole rings is 1. The summed E-state index contributed by atoms with van der Waals surface area (Å²) in [5.74, 6) is 0.968. The fourth-order valence-electron chi connectivity index (χ4n) is 2.44. The molecular formula is C18H15N8. The van der Waals surface area contributed by atoms with Gasteiger partial charge in [-0.15, -0.1) is 0 Å². The van der Waals surface area contributed by atoms with E-state index in [9.17, 15) is 0 Å². The van der Waals surface area contributed by atoms with E-state index in [4.69, 9.17) is 5.73 Å². The summed E-state index contributed by atoms with van der Waals surface area (Å²) in [7, 11) is 1.87. The number of aromatic nitrogens is 6. The molecule has 0 aliphatic rings. The lowest BCUT2D eigenvalue weighted by Gasteiger charge is -2.17. The first-order chi connectivity index (χ1) is 12.7. The summed E-state index contributed by atoms with van der Waals surface area (Å²) in [5.41, 5.74) is 8.34. The number of benzene rings is 1. The third-order valence-electron chi connectivity index (χ3n) is 3.77. The fourth-order valence-corrected chi connectivity index (χ4v) is 2.44. The van der Waals surface area contributed by atoms with Crippen molar-refractivity contribution in [2.24, 2.45) is 0 Å². The predicted octanol–water partition coefficient (Wildman–Crippen LogP) is 2.27. The van der Waals surface area contributed by atoms with Crippen molar-refractivity contribution in [1.82, 2.24) is 29.5 Å². The quantitative estimate of drug-likeness (QED) is 0.607. The minimum atomic E-state index is 0.135. The predicted molar refractivity (Wildman–Crippen MR) is 97.9 cm³/mol. The first-order valence-corrected chi connectivity index (χ1v) is 7.88. The highest BCUT2D eigenvalue weighted by Gasteiger charge is 2.13. The molecule has 0 unspecified atom stereocenters. The van der Waals surface area contributed by atoms with Crippen LogP contribution in [0.2, 0.25) is 0 Å². The molecule has 8 nitrogen and oxygen atoms in total. The average molecular weight is 343 g/mol. The number of nitrogen functional groups attached to an aromatic ring is 1. The largest absolute Gasteiger partial charge is 0.368 e. The molecule has 1 aromatic carbocycles. The monoisotopic (exact) mass is 343 g/mol.